The molecule has 0 aromatic heterocycles. The minimum atomic E-state index is -4.16. The Morgan fingerprint density at radius 3 is 2.17 bits per heavy atom. The third-order valence-electron chi connectivity index (χ3n) is 6.74. The lowest BCUT2D eigenvalue weighted by atomic mass is 10.1. The molecular formula is C30H36ClN3O5S. The van der Waals surface area contributed by atoms with Crippen LogP contribution in [-0.2, 0) is 26.2 Å². The molecule has 8 nitrogen and oxygen atoms in total. The number of rotatable bonds is 12. The fourth-order valence-electron chi connectivity index (χ4n) is 4.07. The van der Waals surface area contributed by atoms with Gasteiger partial charge in [0, 0.05) is 17.6 Å². The highest BCUT2D eigenvalue weighted by molar-refractivity contribution is 7.92. The van der Waals surface area contributed by atoms with E-state index in [0.717, 1.165) is 16.3 Å². The molecule has 0 radical (unpaired) electrons. The molecule has 0 heterocycles. The molecule has 3 rings (SSSR count). The standard InChI is InChI=1S/C30H36ClN3O5S/c1-6-22(3)32-30(36)23(4)33(19-24-11-15-26(39-5)16-12-24)29(35)20-34(28-10-8-7-9-21(28)2)40(37,38)27-17-13-25(31)14-18-27/h7-18,22-23H,6,19-20H2,1-5H3,(H,32,36)/t22-,23+/m1/s1. The molecule has 2 atom stereocenters. The average Bonchev–Trinajstić information content (AvgIpc) is 2.95. The second kappa shape index (κ2) is 13.7. The molecule has 3 aromatic rings. The summed E-state index contributed by atoms with van der Waals surface area (Å²) in [7, 11) is -2.60. The Kier molecular flexibility index (Phi) is 10.6. The minimum Gasteiger partial charge on any atom is -0.497 e. The van der Waals surface area contributed by atoms with Gasteiger partial charge in [-0.05, 0) is 80.8 Å². The largest absolute Gasteiger partial charge is 0.497 e. The van der Waals surface area contributed by atoms with Crippen LogP contribution in [0.1, 0.15) is 38.3 Å². The molecule has 3 aromatic carbocycles. The maximum atomic E-state index is 14.0. The number of benzene rings is 3. The lowest BCUT2D eigenvalue weighted by molar-refractivity contribution is -0.139. The van der Waals surface area contributed by atoms with E-state index >= 15 is 0 Å². The van der Waals surface area contributed by atoms with Crippen molar-refractivity contribution in [3.8, 4) is 5.75 Å². The van der Waals surface area contributed by atoms with Gasteiger partial charge in [0.25, 0.3) is 10.0 Å². The van der Waals surface area contributed by atoms with Crippen molar-refractivity contribution in [3.63, 3.8) is 0 Å². The number of sulfonamides is 1. The monoisotopic (exact) mass is 585 g/mol. The molecule has 0 aliphatic heterocycles. The summed E-state index contributed by atoms with van der Waals surface area (Å²) < 4.78 is 34.1. The first-order valence-corrected chi connectivity index (χ1v) is 14.9. The van der Waals surface area contributed by atoms with Crippen molar-refractivity contribution in [3.05, 3.63) is 88.9 Å². The van der Waals surface area contributed by atoms with Crippen LogP contribution < -0.4 is 14.4 Å². The predicted octanol–water partition coefficient (Wildman–Crippen LogP) is 5.18. The summed E-state index contributed by atoms with van der Waals surface area (Å²) in [4.78, 5) is 28.5. The number of aryl methyl sites for hydroxylation is 1. The van der Waals surface area contributed by atoms with E-state index < -0.39 is 28.5 Å². The molecule has 0 bridgehead atoms. The molecule has 0 aliphatic rings. The number of carbonyl (C=O) groups is 2. The maximum absolute atomic E-state index is 14.0. The smallest absolute Gasteiger partial charge is 0.264 e. The molecule has 10 heteroatoms. The third-order valence-corrected chi connectivity index (χ3v) is 8.77. The van der Waals surface area contributed by atoms with E-state index in [2.05, 4.69) is 5.32 Å². The summed E-state index contributed by atoms with van der Waals surface area (Å²) in [6, 6.07) is 19.0. The van der Waals surface area contributed by atoms with Crippen molar-refractivity contribution in [1.29, 1.82) is 0 Å². The quantitative estimate of drug-likeness (QED) is 0.316. The van der Waals surface area contributed by atoms with E-state index in [1.165, 1.54) is 29.2 Å². The maximum Gasteiger partial charge on any atom is 0.264 e. The minimum absolute atomic E-state index is 0.00257. The number of halogens is 1. The lowest BCUT2D eigenvalue weighted by Gasteiger charge is -2.33. The van der Waals surface area contributed by atoms with Crippen LogP contribution in [0.2, 0.25) is 5.02 Å². The molecule has 0 fully saturated rings. The van der Waals surface area contributed by atoms with E-state index in [4.69, 9.17) is 16.3 Å². The van der Waals surface area contributed by atoms with E-state index in [-0.39, 0.29) is 23.4 Å². The Balaban J connectivity index is 2.03. The van der Waals surface area contributed by atoms with Crippen LogP contribution in [0.3, 0.4) is 0 Å². The molecule has 0 saturated carbocycles. The Morgan fingerprint density at radius 2 is 1.60 bits per heavy atom. The highest BCUT2D eigenvalue weighted by Crippen LogP contribution is 2.28. The van der Waals surface area contributed by atoms with Gasteiger partial charge in [0.05, 0.1) is 17.7 Å². The Bertz CT molecular complexity index is 1410. The number of carbonyl (C=O) groups excluding carboxylic acids is 2. The zero-order valence-electron chi connectivity index (χ0n) is 23.4. The highest BCUT2D eigenvalue weighted by atomic mass is 35.5. The van der Waals surface area contributed by atoms with Crippen molar-refractivity contribution in [1.82, 2.24) is 10.2 Å². The van der Waals surface area contributed by atoms with Gasteiger partial charge in [0.2, 0.25) is 11.8 Å². The number of nitrogens with one attached hydrogen (secondary N) is 1. The number of anilines is 1. The molecule has 0 spiro atoms. The zero-order valence-corrected chi connectivity index (χ0v) is 25.0. The Hall–Kier alpha value is -3.56. The SMILES string of the molecule is CC[C@@H](C)NC(=O)[C@H](C)N(Cc1ccc(OC)cc1)C(=O)CN(c1ccccc1C)S(=O)(=O)c1ccc(Cl)cc1. The van der Waals surface area contributed by atoms with Crippen LogP contribution in [0.5, 0.6) is 5.75 Å². The van der Waals surface area contributed by atoms with Crippen LogP contribution in [0.4, 0.5) is 5.69 Å². The van der Waals surface area contributed by atoms with E-state index in [1.54, 1.807) is 57.4 Å². The second-order valence-corrected chi connectivity index (χ2v) is 11.9. The fraction of sp³-hybridized carbons (Fsp3) is 0.333. The van der Waals surface area contributed by atoms with Gasteiger partial charge < -0.3 is 15.0 Å². The van der Waals surface area contributed by atoms with Crippen LogP contribution >= 0.6 is 11.6 Å². The molecule has 40 heavy (non-hydrogen) atoms. The number of nitrogens with zero attached hydrogens (tertiary/aromatic N) is 2. The van der Waals surface area contributed by atoms with Crippen molar-refractivity contribution in [2.75, 3.05) is 18.0 Å². The molecular weight excluding hydrogens is 550 g/mol. The summed E-state index contributed by atoms with van der Waals surface area (Å²) in [5, 5.41) is 3.32. The van der Waals surface area contributed by atoms with Gasteiger partial charge in [-0.25, -0.2) is 8.42 Å². The summed E-state index contributed by atoms with van der Waals surface area (Å²) in [6.45, 7) is 6.86. The van der Waals surface area contributed by atoms with Gasteiger partial charge in [-0.3, -0.25) is 13.9 Å². The summed E-state index contributed by atoms with van der Waals surface area (Å²) in [5.41, 5.74) is 1.81. The van der Waals surface area contributed by atoms with Crippen molar-refractivity contribution >= 4 is 39.1 Å². The number of methoxy groups -OCH3 is 1. The molecule has 0 unspecified atom stereocenters. The molecule has 0 saturated heterocycles. The first-order chi connectivity index (χ1) is 19.0. The number of ether oxygens (including phenoxy) is 1. The topological polar surface area (TPSA) is 96.0 Å². The molecule has 1 N–H and O–H groups in total. The fourth-order valence-corrected chi connectivity index (χ4v) is 5.67. The lowest BCUT2D eigenvalue weighted by Crippen LogP contribution is -2.52. The second-order valence-electron chi connectivity index (χ2n) is 9.62. The van der Waals surface area contributed by atoms with E-state index in [1.807, 2.05) is 26.0 Å². The first kappa shape index (κ1) is 31.0. The number of hydrogen-bond acceptors (Lipinski definition) is 5. The van der Waals surface area contributed by atoms with Crippen molar-refractivity contribution in [2.24, 2.45) is 0 Å². The van der Waals surface area contributed by atoms with Gasteiger partial charge in [-0.1, -0.05) is 48.9 Å². The predicted molar refractivity (Wildman–Crippen MR) is 158 cm³/mol. The summed E-state index contributed by atoms with van der Waals surface area (Å²) in [5.74, 6) is -0.188. The molecule has 214 valence electrons. The molecule has 0 aliphatic carbocycles. The zero-order chi connectivity index (χ0) is 29.4. The van der Waals surface area contributed by atoms with E-state index in [9.17, 15) is 18.0 Å². The third kappa shape index (κ3) is 7.55. The van der Waals surface area contributed by atoms with Crippen molar-refractivity contribution in [2.45, 2.75) is 57.6 Å². The van der Waals surface area contributed by atoms with E-state index in [0.29, 0.717) is 22.0 Å². The van der Waals surface area contributed by atoms with Gasteiger partial charge in [-0.2, -0.15) is 0 Å². The van der Waals surface area contributed by atoms with Crippen LogP contribution in [0, 0.1) is 6.92 Å². The highest BCUT2D eigenvalue weighted by Gasteiger charge is 2.33. The number of amides is 2. The van der Waals surface area contributed by atoms with Crippen LogP contribution in [0.25, 0.3) is 0 Å². The summed E-state index contributed by atoms with van der Waals surface area (Å²) >= 11 is 6.00. The number of para-hydroxylation sites is 1. The first-order valence-electron chi connectivity index (χ1n) is 13.0. The number of hydrogen-bond donors (Lipinski definition) is 1. The molecule has 2 amide bonds. The van der Waals surface area contributed by atoms with Crippen molar-refractivity contribution < 1.29 is 22.7 Å². The van der Waals surface area contributed by atoms with Gasteiger partial charge in [-0.15, -0.1) is 0 Å². The summed E-state index contributed by atoms with van der Waals surface area (Å²) in [6.07, 6.45) is 0.727. The van der Waals surface area contributed by atoms with Gasteiger partial charge >= 0.3 is 0 Å². The average molecular weight is 586 g/mol. The van der Waals surface area contributed by atoms with Gasteiger partial charge in [0.15, 0.2) is 0 Å². The Labute approximate surface area is 241 Å². The normalized spacial score (nSPS) is 12.8. The van der Waals surface area contributed by atoms with Crippen LogP contribution in [-0.4, -0.2) is 50.9 Å². The van der Waals surface area contributed by atoms with Crippen LogP contribution in [0.15, 0.2) is 77.7 Å². The Morgan fingerprint density at radius 1 is 0.975 bits per heavy atom. The van der Waals surface area contributed by atoms with Gasteiger partial charge in [0.1, 0.15) is 18.3 Å².